The zero-order valence-corrected chi connectivity index (χ0v) is 12.6. The van der Waals surface area contributed by atoms with Crippen LogP contribution >= 0.6 is 0 Å². The molecule has 116 valence electrons. The summed E-state index contributed by atoms with van der Waals surface area (Å²) in [4.78, 5) is 11.7. The molecule has 21 heavy (non-hydrogen) atoms. The number of benzene rings is 1. The standard InChI is InChI=1S/C17H26N2O2/c20-17(10-14-21-16-8-12-18-13-9-16)19-11-4-7-15-5-2-1-3-6-15/h1-3,5-6,16,18H,4,7-14H2,(H,19,20). The maximum absolute atomic E-state index is 11.7. The van der Waals surface area contributed by atoms with Crippen LogP contribution in [0.15, 0.2) is 30.3 Å². The van der Waals surface area contributed by atoms with Gasteiger partial charge in [-0.1, -0.05) is 30.3 Å². The molecular formula is C17H26N2O2. The van der Waals surface area contributed by atoms with Gasteiger partial charge in [0.2, 0.25) is 5.91 Å². The minimum atomic E-state index is 0.0944. The van der Waals surface area contributed by atoms with E-state index in [2.05, 4.69) is 22.8 Å². The highest BCUT2D eigenvalue weighted by Gasteiger charge is 2.13. The van der Waals surface area contributed by atoms with Gasteiger partial charge in [-0.2, -0.15) is 0 Å². The molecule has 0 unspecified atom stereocenters. The minimum absolute atomic E-state index is 0.0944. The van der Waals surface area contributed by atoms with Gasteiger partial charge in [0.15, 0.2) is 0 Å². The highest BCUT2D eigenvalue weighted by molar-refractivity contribution is 5.75. The van der Waals surface area contributed by atoms with Gasteiger partial charge in [-0.05, 0) is 44.3 Å². The fourth-order valence-electron chi connectivity index (χ4n) is 2.53. The van der Waals surface area contributed by atoms with Crippen molar-refractivity contribution in [1.29, 1.82) is 0 Å². The molecule has 2 rings (SSSR count). The highest BCUT2D eigenvalue weighted by atomic mass is 16.5. The van der Waals surface area contributed by atoms with Crippen molar-refractivity contribution in [3.05, 3.63) is 35.9 Å². The Labute approximate surface area is 127 Å². The third-order valence-corrected chi connectivity index (χ3v) is 3.78. The van der Waals surface area contributed by atoms with Gasteiger partial charge in [0.25, 0.3) is 0 Å². The summed E-state index contributed by atoms with van der Waals surface area (Å²) in [6.07, 6.45) is 4.89. The number of ether oxygens (including phenoxy) is 1. The summed E-state index contributed by atoms with van der Waals surface area (Å²) in [7, 11) is 0. The third-order valence-electron chi connectivity index (χ3n) is 3.78. The smallest absolute Gasteiger partial charge is 0.222 e. The number of nitrogens with one attached hydrogen (secondary N) is 2. The molecule has 0 aliphatic carbocycles. The average Bonchev–Trinajstić information content (AvgIpc) is 2.54. The summed E-state index contributed by atoms with van der Waals surface area (Å²) in [6.45, 7) is 3.32. The van der Waals surface area contributed by atoms with E-state index < -0.39 is 0 Å². The van der Waals surface area contributed by atoms with Crippen LogP contribution in [-0.4, -0.2) is 38.3 Å². The second-order valence-corrected chi connectivity index (χ2v) is 5.51. The van der Waals surface area contributed by atoms with Gasteiger partial charge in [-0.25, -0.2) is 0 Å². The number of piperidine rings is 1. The normalized spacial score (nSPS) is 15.8. The second kappa shape index (κ2) is 9.53. The monoisotopic (exact) mass is 290 g/mol. The first kappa shape index (κ1) is 16.0. The molecule has 1 aromatic rings. The predicted molar refractivity (Wildman–Crippen MR) is 84.2 cm³/mol. The Kier molecular flexibility index (Phi) is 7.25. The Morgan fingerprint density at radius 1 is 1.24 bits per heavy atom. The maximum Gasteiger partial charge on any atom is 0.222 e. The van der Waals surface area contributed by atoms with E-state index in [0.29, 0.717) is 19.1 Å². The van der Waals surface area contributed by atoms with Crippen LogP contribution in [0.4, 0.5) is 0 Å². The van der Waals surface area contributed by atoms with Crippen LogP contribution in [0.25, 0.3) is 0 Å². The van der Waals surface area contributed by atoms with E-state index >= 15 is 0 Å². The average molecular weight is 290 g/mol. The Balaban J connectivity index is 1.47. The van der Waals surface area contributed by atoms with E-state index in [-0.39, 0.29) is 5.91 Å². The molecule has 0 saturated carbocycles. The van der Waals surface area contributed by atoms with E-state index in [9.17, 15) is 4.79 Å². The first-order chi connectivity index (χ1) is 10.3. The number of aryl methyl sites for hydroxylation is 1. The summed E-state index contributed by atoms with van der Waals surface area (Å²) >= 11 is 0. The van der Waals surface area contributed by atoms with Crippen molar-refractivity contribution in [1.82, 2.24) is 10.6 Å². The lowest BCUT2D eigenvalue weighted by atomic mass is 10.1. The highest BCUT2D eigenvalue weighted by Crippen LogP contribution is 2.07. The van der Waals surface area contributed by atoms with E-state index in [1.165, 1.54) is 5.56 Å². The molecule has 0 aromatic heterocycles. The number of carbonyl (C=O) groups is 1. The maximum atomic E-state index is 11.7. The number of carbonyl (C=O) groups excluding carboxylic acids is 1. The topological polar surface area (TPSA) is 50.4 Å². The van der Waals surface area contributed by atoms with Crippen LogP contribution in [0.5, 0.6) is 0 Å². The van der Waals surface area contributed by atoms with Crippen LogP contribution in [0.1, 0.15) is 31.2 Å². The molecule has 1 amide bonds. The third kappa shape index (κ3) is 6.74. The molecule has 0 atom stereocenters. The van der Waals surface area contributed by atoms with Crippen molar-refractivity contribution in [2.75, 3.05) is 26.2 Å². The number of hydrogen-bond acceptors (Lipinski definition) is 3. The van der Waals surface area contributed by atoms with Gasteiger partial charge in [0.1, 0.15) is 0 Å². The van der Waals surface area contributed by atoms with E-state index in [1.54, 1.807) is 0 Å². The molecule has 0 radical (unpaired) electrons. The molecule has 0 bridgehead atoms. The molecular weight excluding hydrogens is 264 g/mol. The summed E-state index contributed by atoms with van der Waals surface area (Å²) < 4.78 is 5.73. The summed E-state index contributed by atoms with van der Waals surface area (Å²) in [5.41, 5.74) is 1.32. The SMILES string of the molecule is O=C(CCOC1CCNCC1)NCCCc1ccccc1. The van der Waals surface area contributed by atoms with Crippen molar-refractivity contribution in [3.63, 3.8) is 0 Å². The van der Waals surface area contributed by atoms with Crippen molar-refractivity contribution < 1.29 is 9.53 Å². The Hall–Kier alpha value is -1.39. The Morgan fingerprint density at radius 3 is 2.76 bits per heavy atom. The molecule has 4 nitrogen and oxygen atoms in total. The summed E-state index contributed by atoms with van der Waals surface area (Å²) in [6, 6.07) is 10.4. The van der Waals surface area contributed by atoms with Crippen LogP contribution in [0, 0.1) is 0 Å². The Bertz CT molecular complexity index is 403. The van der Waals surface area contributed by atoms with Crippen molar-refractivity contribution in [2.45, 2.75) is 38.2 Å². The number of amides is 1. The van der Waals surface area contributed by atoms with Crippen LogP contribution in [0.3, 0.4) is 0 Å². The van der Waals surface area contributed by atoms with Gasteiger partial charge in [-0.15, -0.1) is 0 Å². The number of rotatable bonds is 8. The van der Waals surface area contributed by atoms with Crippen molar-refractivity contribution >= 4 is 5.91 Å². The molecule has 1 aliphatic rings. The zero-order valence-electron chi connectivity index (χ0n) is 12.6. The zero-order chi connectivity index (χ0) is 14.8. The van der Waals surface area contributed by atoms with Crippen LogP contribution < -0.4 is 10.6 Å². The van der Waals surface area contributed by atoms with Crippen molar-refractivity contribution in [2.24, 2.45) is 0 Å². The lowest BCUT2D eigenvalue weighted by Crippen LogP contribution is -2.33. The lowest BCUT2D eigenvalue weighted by molar-refractivity contribution is -0.122. The summed E-state index contributed by atoms with van der Waals surface area (Å²) in [5, 5.41) is 6.26. The van der Waals surface area contributed by atoms with Gasteiger partial charge in [-0.3, -0.25) is 4.79 Å². The first-order valence-electron chi connectivity index (χ1n) is 7.97. The van der Waals surface area contributed by atoms with Gasteiger partial charge >= 0.3 is 0 Å². The molecule has 1 aliphatic heterocycles. The predicted octanol–water partition coefficient (Wildman–Crippen LogP) is 1.89. The van der Waals surface area contributed by atoms with Crippen molar-refractivity contribution in [3.8, 4) is 0 Å². The van der Waals surface area contributed by atoms with Crippen LogP contribution in [-0.2, 0) is 16.0 Å². The fraction of sp³-hybridized carbons (Fsp3) is 0.588. The first-order valence-corrected chi connectivity index (χ1v) is 7.97. The number of hydrogen-bond donors (Lipinski definition) is 2. The van der Waals surface area contributed by atoms with E-state index in [1.807, 2.05) is 18.2 Å². The molecule has 1 saturated heterocycles. The van der Waals surface area contributed by atoms with Gasteiger partial charge < -0.3 is 15.4 Å². The molecule has 1 fully saturated rings. The molecule has 2 N–H and O–H groups in total. The Morgan fingerprint density at radius 2 is 2.00 bits per heavy atom. The van der Waals surface area contributed by atoms with Gasteiger partial charge in [0.05, 0.1) is 12.7 Å². The fourth-order valence-corrected chi connectivity index (χ4v) is 2.53. The molecule has 1 aromatic carbocycles. The minimum Gasteiger partial charge on any atom is -0.378 e. The molecule has 4 heteroatoms. The van der Waals surface area contributed by atoms with Crippen LogP contribution in [0.2, 0.25) is 0 Å². The molecule has 0 spiro atoms. The summed E-state index contributed by atoms with van der Waals surface area (Å²) in [5.74, 6) is 0.0944. The lowest BCUT2D eigenvalue weighted by Gasteiger charge is -2.22. The molecule has 1 heterocycles. The quantitative estimate of drug-likeness (QED) is 0.719. The van der Waals surface area contributed by atoms with E-state index in [4.69, 9.17) is 4.74 Å². The largest absolute Gasteiger partial charge is 0.378 e. The second-order valence-electron chi connectivity index (χ2n) is 5.51. The van der Waals surface area contributed by atoms with E-state index in [0.717, 1.165) is 45.3 Å². The van der Waals surface area contributed by atoms with Gasteiger partial charge in [0, 0.05) is 13.0 Å².